The number of amides is 2. The first kappa shape index (κ1) is 36.8. The van der Waals surface area contributed by atoms with Crippen LogP contribution in [0.3, 0.4) is 0 Å². The maximum absolute atomic E-state index is 13.8. The van der Waals surface area contributed by atoms with Crippen molar-refractivity contribution in [2.75, 3.05) is 10.3 Å². The van der Waals surface area contributed by atoms with Gasteiger partial charge in [0, 0.05) is 16.8 Å². The van der Waals surface area contributed by atoms with Crippen molar-refractivity contribution in [1.82, 2.24) is 0 Å². The second-order valence-corrected chi connectivity index (χ2v) is 14.0. The minimum atomic E-state index is -1.11. The average Bonchev–Trinajstić information content (AvgIpc) is 3.46. The normalized spacial score (nSPS) is 15.2. The van der Waals surface area contributed by atoms with Crippen LogP contribution in [0.15, 0.2) is 96.1 Å². The van der Waals surface area contributed by atoms with E-state index < -0.39 is 23.9 Å². The molecular formula is C42H45FN4O4. The number of hydrogen-bond acceptors (Lipinski definition) is 5. The van der Waals surface area contributed by atoms with E-state index in [9.17, 15) is 14.0 Å². The third-order valence-corrected chi connectivity index (χ3v) is 9.82. The number of nitrogens with zero attached hydrogens (tertiary/aromatic N) is 3. The summed E-state index contributed by atoms with van der Waals surface area (Å²) in [7, 11) is 0. The first-order valence-electron chi connectivity index (χ1n) is 17.3. The van der Waals surface area contributed by atoms with Crippen molar-refractivity contribution in [3.05, 3.63) is 125 Å². The standard InChI is InChI=1S/C42H45FN4O4/c1-9-35(51-36-25-14-28(41(4,5)10-2)26-34(36)42(6,7)11-3)39(48)45-31-17-21-32(22-18-31)47-40(49)38(50-33-23-19-30(44-8)20-24-33)37(46-47)27-12-15-29(43)16-13-27/h12-26,35,38H,9-11H2,1-7H3,(H,45,48). The highest BCUT2D eigenvalue weighted by Gasteiger charge is 2.39. The van der Waals surface area contributed by atoms with Gasteiger partial charge in [-0.05, 0) is 90.3 Å². The number of rotatable bonds is 13. The van der Waals surface area contributed by atoms with Gasteiger partial charge < -0.3 is 14.8 Å². The summed E-state index contributed by atoms with van der Waals surface area (Å²) in [6.45, 7) is 22.3. The second kappa shape index (κ2) is 15.2. The third-order valence-electron chi connectivity index (χ3n) is 9.82. The Kier molecular flexibility index (Phi) is 10.9. The van der Waals surface area contributed by atoms with Gasteiger partial charge in [0.05, 0.1) is 12.3 Å². The van der Waals surface area contributed by atoms with E-state index in [1.54, 1.807) is 60.7 Å². The van der Waals surface area contributed by atoms with Crippen LogP contribution in [0.4, 0.5) is 21.5 Å². The molecule has 0 saturated carbocycles. The molecule has 2 unspecified atom stereocenters. The molecule has 1 aliphatic heterocycles. The van der Waals surface area contributed by atoms with Gasteiger partial charge in [0.25, 0.3) is 11.8 Å². The number of hydrazone groups is 1. The number of carbonyl (C=O) groups excluding carboxylic acids is 2. The van der Waals surface area contributed by atoms with Crippen LogP contribution in [-0.2, 0) is 20.4 Å². The molecule has 0 aliphatic carbocycles. The topological polar surface area (TPSA) is 84.6 Å². The van der Waals surface area contributed by atoms with Crippen LogP contribution in [0.25, 0.3) is 4.85 Å². The number of benzene rings is 4. The minimum absolute atomic E-state index is 0.0120. The lowest BCUT2D eigenvalue weighted by atomic mass is 9.76. The van der Waals surface area contributed by atoms with Gasteiger partial charge in [-0.25, -0.2) is 9.24 Å². The maximum atomic E-state index is 13.8. The number of halogens is 1. The van der Waals surface area contributed by atoms with Gasteiger partial charge in [0.15, 0.2) is 11.8 Å². The van der Waals surface area contributed by atoms with Gasteiger partial charge in [0.1, 0.15) is 23.0 Å². The fourth-order valence-electron chi connectivity index (χ4n) is 5.66. The van der Waals surface area contributed by atoms with Crippen molar-refractivity contribution in [3.63, 3.8) is 0 Å². The van der Waals surface area contributed by atoms with Crippen molar-refractivity contribution >= 4 is 34.6 Å². The molecule has 0 spiro atoms. The number of hydrogen-bond donors (Lipinski definition) is 1. The quantitative estimate of drug-likeness (QED) is 0.142. The average molecular weight is 689 g/mol. The Morgan fingerprint density at radius 3 is 2.16 bits per heavy atom. The Bertz CT molecular complexity index is 1950. The van der Waals surface area contributed by atoms with Crippen LogP contribution in [0, 0.1) is 12.4 Å². The Hall–Kier alpha value is -5.49. The lowest BCUT2D eigenvalue weighted by Crippen LogP contribution is -2.37. The molecule has 264 valence electrons. The molecule has 8 nitrogen and oxygen atoms in total. The van der Waals surface area contributed by atoms with E-state index in [-0.39, 0.29) is 16.7 Å². The van der Waals surface area contributed by atoms with E-state index in [2.05, 4.69) is 68.9 Å². The molecule has 1 heterocycles. The summed E-state index contributed by atoms with van der Waals surface area (Å²) in [5, 5.41) is 8.79. The molecule has 2 atom stereocenters. The first-order chi connectivity index (χ1) is 24.3. The summed E-state index contributed by atoms with van der Waals surface area (Å²) >= 11 is 0. The summed E-state index contributed by atoms with van der Waals surface area (Å²) in [5.74, 6) is -0.0557. The fourth-order valence-corrected chi connectivity index (χ4v) is 5.66. The van der Waals surface area contributed by atoms with Crippen LogP contribution < -0.4 is 19.8 Å². The summed E-state index contributed by atoms with van der Waals surface area (Å²) in [6, 6.07) is 25.2. The number of nitrogens with one attached hydrogen (secondary N) is 1. The predicted molar refractivity (Wildman–Crippen MR) is 200 cm³/mol. The number of carbonyl (C=O) groups is 2. The largest absolute Gasteiger partial charge is 0.480 e. The van der Waals surface area contributed by atoms with E-state index in [4.69, 9.17) is 16.0 Å². The van der Waals surface area contributed by atoms with Gasteiger partial charge >= 0.3 is 0 Å². The maximum Gasteiger partial charge on any atom is 0.294 e. The van der Waals surface area contributed by atoms with Crippen LogP contribution >= 0.6 is 0 Å². The van der Waals surface area contributed by atoms with Crippen LogP contribution in [0.5, 0.6) is 11.5 Å². The number of anilines is 2. The van der Waals surface area contributed by atoms with Crippen molar-refractivity contribution < 1.29 is 23.5 Å². The number of ether oxygens (including phenoxy) is 2. The molecule has 51 heavy (non-hydrogen) atoms. The Morgan fingerprint density at radius 1 is 0.922 bits per heavy atom. The van der Waals surface area contributed by atoms with Crippen molar-refractivity contribution in [1.29, 1.82) is 0 Å². The van der Waals surface area contributed by atoms with Crippen LogP contribution in [0.2, 0.25) is 0 Å². The van der Waals surface area contributed by atoms with Gasteiger partial charge in [0.2, 0.25) is 6.10 Å². The first-order valence-corrected chi connectivity index (χ1v) is 17.3. The van der Waals surface area contributed by atoms with Crippen molar-refractivity contribution in [3.8, 4) is 11.5 Å². The zero-order chi connectivity index (χ0) is 36.9. The van der Waals surface area contributed by atoms with E-state index in [0.29, 0.717) is 46.3 Å². The van der Waals surface area contributed by atoms with E-state index in [0.717, 1.165) is 18.4 Å². The van der Waals surface area contributed by atoms with Crippen LogP contribution in [-0.4, -0.2) is 29.7 Å². The summed E-state index contributed by atoms with van der Waals surface area (Å²) < 4.78 is 26.3. The highest BCUT2D eigenvalue weighted by Crippen LogP contribution is 2.39. The second-order valence-electron chi connectivity index (χ2n) is 14.0. The molecule has 1 N–H and O–H groups in total. The van der Waals surface area contributed by atoms with E-state index in [1.807, 2.05) is 13.0 Å². The Balaban J connectivity index is 1.35. The fraction of sp³-hybridized carbons (Fsp3) is 0.333. The molecule has 4 aromatic rings. The Labute approximate surface area is 300 Å². The Morgan fingerprint density at radius 2 is 1.57 bits per heavy atom. The molecule has 0 bridgehead atoms. The molecule has 2 amide bonds. The van der Waals surface area contributed by atoms with Gasteiger partial charge in [-0.1, -0.05) is 84.9 Å². The lowest BCUT2D eigenvalue weighted by Gasteiger charge is -2.31. The van der Waals surface area contributed by atoms with Gasteiger partial charge in [-0.3, -0.25) is 9.59 Å². The molecule has 1 aliphatic rings. The van der Waals surface area contributed by atoms with Crippen molar-refractivity contribution in [2.24, 2.45) is 5.10 Å². The van der Waals surface area contributed by atoms with Crippen LogP contribution in [0.1, 0.15) is 84.4 Å². The molecular weight excluding hydrogens is 643 g/mol. The minimum Gasteiger partial charge on any atom is -0.480 e. The summed E-state index contributed by atoms with van der Waals surface area (Å²) in [5.41, 5.74) is 4.44. The monoisotopic (exact) mass is 688 g/mol. The molecule has 0 aromatic heterocycles. The SMILES string of the molecule is [C-]#[N+]c1ccc(OC2C(=O)N(c3ccc(NC(=O)C(CC)Oc4ccc(C(C)(C)CC)cc4C(C)(C)CC)cc3)N=C2c2ccc(F)cc2)cc1. The zero-order valence-electron chi connectivity index (χ0n) is 30.3. The van der Waals surface area contributed by atoms with Gasteiger partial charge in [-0.2, -0.15) is 10.1 Å². The molecule has 0 radical (unpaired) electrons. The molecule has 5 rings (SSSR count). The smallest absolute Gasteiger partial charge is 0.294 e. The highest BCUT2D eigenvalue weighted by molar-refractivity contribution is 6.24. The van der Waals surface area contributed by atoms with E-state index >= 15 is 0 Å². The summed E-state index contributed by atoms with van der Waals surface area (Å²) in [4.78, 5) is 30.7. The molecule has 9 heteroatoms. The van der Waals surface area contributed by atoms with E-state index in [1.165, 1.54) is 22.7 Å². The molecule has 4 aromatic carbocycles. The zero-order valence-corrected chi connectivity index (χ0v) is 30.3. The molecule has 0 fully saturated rings. The van der Waals surface area contributed by atoms with Crippen molar-refractivity contribution in [2.45, 2.75) is 90.8 Å². The van der Waals surface area contributed by atoms with Gasteiger partial charge in [-0.15, -0.1) is 0 Å². The third kappa shape index (κ3) is 8.12. The molecule has 0 saturated heterocycles. The summed E-state index contributed by atoms with van der Waals surface area (Å²) in [6.07, 6.45) is 0.530. The highest BCUT2D eigenvalue weighted by atomic mass is 19.1. The predicted octanol–water partition coefficient (Wildman–Crippen LogP) is 9.75. The lowest BCUT2D eigenvalue weighted by molar-refractivity contribution is -0.123.